The topological polar surface area (TPSA) is 111 Å². The normalized spacial score (nSPS) is 17.2. The van der Waals surface area contributed by atoms with Crippen LogP contribution in [0.5, 0.6) is 5.75 Å². The Balaban J connectivity index is 0.00000405. The molecule has 42 heavy (non-hydrogen) atoms. The van der Waals surface area contributed by atoms with Crippen molar-refractivity contribution >= 4 is 30.1 Å². The molecule has 4 N–H and O–H groups in total. The van der Waals surface area contributed by atoms with E-state index >= 15 is 0 Å². The number of phenolic OH excluding ortho intramolecular Hbond substituents is 1. The number of carbonyl (C=O) groups is 3. The zero-order valence-electron chi connectivity index (χ0n) is 23.7. The minimum Gasteiger partial charge on any atom is -0.507 e. The summed E-state index contributed by atoms with van der Waals surface area (Å²) < 4.78 is 0. The Morgan fingerprint density at radius 2 is 1.60 bits per heavy atom. The highest BCUT2D eigenvalue weighted by Crippen LogP contribution is 2.31. The van der Waals surface area contributed by atoms with Crippen LogP contribution in [-0.4, -0.2) is 67.0 Å². The van der Waals surface area contributed by atoms with Crippen LogP contribution in [0.15, 0.2) is 66.7 Å². The zero-order valence-corrected chi connectivity index (χ0v) is 24.6. The number of carbonyl (C=O) groups excluding carboxylic acids is 3. The van der Waals surface area contributed by atoms with Crippen LogP contribution in [0.25, 0.3) is 11.1 Å². The molecule has 3 aromatic rings. The van der Waals surface area contributed by atoms with Gasteiger partial charge < -0.3 is 26.0 Å². The zero-order chi connectivity index (χ0) is 28.6. The molecule has 5 rings (SSSR count). The van der Waals surface area contributed by atoms with E-state index in [1.54, 1.807) is 29.2 Å². The highest BCUT2D eigenvalue weighted by molar-refractivity contribution is 5.97. The third kappa shape index (κ3) is 7.89. The summed E-state index contributed by atoms with van der Waals surface area (Å²) in [5.41, 5.74) is 4.66. The smallest absolute Gasteiger partial charge is 0.254 e. The first-order chi connectivity index (χ1) is 20.0. The van der Waals surface area contributed by atoms with Crippen molar-refractivity contribution in [3.63, 3.8) is 0 Å². The maximum absolute atomic E-state index is 13.5. The largest absolute Gasteiger partial charge is 0.507 e. The fourth-order valence-corrected chi connectivity index (χ4v) is 5.59. The number of hydrogen-bond donors (Lipinski definition) is 4. The predicted octanol–water partition coefficient (Wildman–Crippen LogP) is 4.27. The van der Waals surface area contributed by atoms with Gasteiger partial charge in [-0.15, -0.1) is 12.4 Å². The lowest BCUT2D eigenvalue weighted by Crippen LogP contribution is -2.42. The summed E-state index contributed by atoms with van der Waals surface area (Å²) >= 11 is 0. The first-order valence-corrected chi connectivity index (χ1v) is 14.5. The summed E-state index contributed by atoms with van der Waals surface area (Å²) in [7, 11) is 0. The van der Waals surface area contributed by atoms with Gasteiger partial charge >= 0.3 is 0 Å². The van der Waals surface area contributed by atoms with Gasteiger partial charge in [0.05, 0.1) is 6.54 Å². The molecule has 0 atom stereocenters. The van der Waals surface area contributed by atoms with Crippen molar-refractivity contribution in [3.8, 4) is 16.9 Å². The van der Waals surface area contributed by atoms with E-state index in [9.17, 15) is 19.5 Å². The number of piperidine rings is 1. The van der Waals surface area contributed by atoms with Gasteiger partial charge in [-0.25, -0.2) is 0 Å². The molecular formula is C33H39ClN4O4. The Labute approximate surface area is 253 Å². The minimum atomic E-state index is -0.217. The van der Waals surface area contributed by atoms with Gasteiger partial charge in [-0.05, 0) is 104 Å². The van der Waals surface area contributed by atoms with Gasteiger partial charge in [-0.3, -0.25) is 14.4 Å². The first kappa shape index (κ1) is 31.1. The Bertz CT molecular complexity index is 1390. The van der Waals surface area contributed by atoms with Gasteiger partial charge in [0.2, 0.25) is 5.91 Å². The molecule has 1 fully saturated rings. The van der Waals surface area contributed by atoms with Crippen molar-refractivity contribution in [2.24, 2.45) is 0 Å². The molecule has 4 bridgehead atoms. The Morgan fingerprint density at radius 3 is 2.38 bits per heavy atom. The summed E-state index contributed by atoms with van der Waals surface area (Å²) in [6, 6.07) is 20.4. The fraction of sp³-hybridized carbons (Fsp3) is 0.364. The van der Waals surface area contributed by atoms with Crippen molar-refractivity contribution in [1.29, 1.82) is 0 Å². The summed E-state index contributed by atoms with van der Waals surface area (Å²) in [4.78, 5) is 40.8. The fourth-order valence-electron chi connectivity index (χ4n) is 5.59. The molecule has 222 valence electrons. The van der Waals surface area contributed by atoms with Gasteiger partial charge in [0.15, 0.2) is 0 Å². The molecule has 3 aromatic carbocycles. The number of nitrogens with one attached hydrogen (secondary N) is 3. The molecular weight excluding hydrogens is 552 g/mol. The second kappa shape index (κ2) is 14.8. The summed E-state index contributed by atoms with van der Waals surface area (Å²) in [6.45, 7) is 3.24. The van der Waals surface area contributed by atoms with E-state index in [-0.39, 0.29) is 42.4 Å². The summed E-state index contributed by atoms with van der Waals surface area (Å²) in [5, 5.41) is 19.8. The third-order valence-corrected chi connectivity index (χ3v) is 7.96. The van der Waals surface area contributed by atoms with Crippen LogP contribution in [0.2, 0.25) is 0 Å². The van der Waals surface area contributed by atoms with Crippen LogP contribution in [0.4, 0.5) is 0 Å². The van der Waals surface area contributed by atoms with Gasteiger partial charge in [0, 0.05) is 36.3 Å². The van der Waals surface area contributed by atoms with E-state index in [0.29, 0.717) is 61.5 Å². The van der Waals surface area contributed by atoms with E-state index in [1.165, 1.54) is 5.56 Å². The molecule has 0 spiro atoms. The van der Waals surface area contributed by atoms with E-state index < -0.39 is 0 Å². The molecule has 0 saturated carbocycles. The van der Waals surface area contributed by atoms with Crippen LogP contribution < -0.4 is 16.0 Å². The number of nitrogens with zero attached hydrogens (tertiary/aromatic N) is 1. The molecule has 2 aliphatic rings. The number of rotatable bonds is 2. The number of halogens is 1. The van der Waals surface area contributed by atoms with Crippen molar-refractivity contribution in [3.05, 3.63) is 89.0 Å². The SMILES string of the molecule is Cl.O=C1CN(C(=O)c2ccc(C3CCNCC3)cc2)CCCCNC(=O)c2cccc(c2)-c2cc(ccc2O)CCN1. The molecule has 2 heterocycles. The number of hydrogen-bond acceptors (Lipinski definition) is 5. The van der Waals surface area contributed by atoms with Gasteiger partial charge in [0.1, 0.15) is 5.75 Å². The molecule has 0 radical (unpaired) electrons. The molecule has 0 aliphatic carbocycles. The molecule has 2 aliphatic heterocycles. The lowest BCUT2D eigenvalue weighted by Gasteiger charge is -2.24. The second-order valence-electron chi connectivity index (χ2n) is 10.9. The van der Waals surface area contributed by atoms with Crippen molar-refractivity contribution in [2.75, 3.05) is 39.3 Å². The molecule has 8 nitrogen and oxygen atoms in total. The highest BCUT2D eigenvalue weighted by Gasteiger charge is 2.21. The Hall–Kier alpha value is -3.88. The van der Waals surface area contributed by atoms with Crippen molar-refractivity contribution in [2.45, 2.75) is 38.0 Å². The van der Waals surface area contributed by atoms with Gasteiger partial charge in [0.25, 0.3) is 11.8 Å². The first-order valence-electron chi connectivity index (χ1n) is 14.5. The van der Waals surface area contributed by atoms with Crippen LogP contribution in [0.1, 0.15) is 63.4 Å². The predicted molar refractivity (Wildman–Crippen MR) is 166 cm³/mol. The van der Waals surface area contributed by atoms with Gasteiger partial charge in [-0.2, -0.15) is 0 Å². The van der Waals surface area contributed by atoms with Crippen LogP contribution >= 0.6 is 12.4 Å². The average Bonchev–Trinajstić information content (AvgIpc) is 3.01. The number of aromatic hydroxyl groups is 1. The summed E-state index contributed by atoms with van der Waals surface area (Å²) in [6.07, 6.45) is 4.05. The molecule has 0 aromatic heterocycles. The van der Waals surface area contributed by atoms with Crippen molar-refractivity contribution in [1.82, 2.24) is 20.9 Å². The number of amides is 3. The molecule has 3 amide bonds. The Kier molecular flexibility index (Phi) is 11.0. The van der Waals surface area contributed by atoms with Crippen LogP contribution in [0, 0.1) is 0 Å². The Morgan fingerprint density at radius 1 is 0.833 bits per heavy atom. The van der Waals surface area contributed by atoms with E-state index in [4.69, 9.17) is 0 Å². The molecule has 9 heteroatoms. The maximum atomic E-state index is 13.5. The standard InChI is InChI=1S/C33H38N4O4.ClH/c38-30-11-6-23-12-18-35-31(39)22-37(33(41)26-9-7-24(8-10-26)25-13-16-34-17-14-25)19-2-1-15-36-32(40)28-5-3-4-27(21-28)29(30)20-23;/h3-11,20-21,25,34,38H,1-2,12-19,22H2,(H,35,39)(H,36,40);1H. The van der Waals surface area contributed by atoms with E-state index in [0.717, 1.165) is 37.1 Å². The third-order valence-electron chi connectivity index (χ3n) is 7.96. The highest BCUT2D eigenvalue weighted by atomic mass is 35.5. The summed E-state index contributed by atoms with van der Waals surface area (Å²) in [5.74, 6) is 0.0543. The average molecular weight is 591 g/mol. The van der Waals surface area contributed by atoms with Crippen LogP contribution in [0.3, 0.4) is 0 Å². The maximum Gasteiger partial charge on any atom is 0.254 e. The van der Waals surface area contributed by atoms with Gasteiger partial charge in [-0.1, -0.05) is 30.3 Å². The number of phenols is 1. The number of benzene rings is 3. The monoisotopic (exact) mass is 590 g/mol. The molecule has 1 saturated heterocycles. The minimum absolute atomic E-state index is 0. The molecule has 0 unspecified atom stereocenters. The lowest BCUT2D eigenvalue weighted by molar-refractivity contribution is -0.121. The van der Waals surface area contributed by atoms with Crippen molar-refractivity contribution < 1.29 is 19.5 Å². The lowest BCUT2D eigenvalue weighted by atomic mass is 9.90. The second-order valence-corrected chi connectivity index (χ2v) is 10.9. The van der Waals surface area contributed by atoms with E-state index in [1.807, 2.05) is 42.5 Å². The quantitative estimate of drug-likeness (QED) is 0.356. The van der Waals surface area contributed by atoms with E-state index in [2.05, 4.69) is 16.0 Å². The van der Waals surface area contributed by atoms with Crippen LogP contribution in [-0.2, 0) is 11.2 Å². The number of fused-ring (bicyclic) bond motifs is 5.